The predicted molar refractivity (Wildman–Crippen MR) is 94.3 cm³/mol. The van der Waals surface area contributed by atoms with E-state index in [2.05, 4.69) is 12.2 Å². The van der Waals surface area contributed by atoms with Crippen LogP contribution in [0.4, 0.5) is 0 Å². The van der Waals surface area contributed by atoms with E-state index < -0.39 is 0 Å². The number of hydrogen-bond donors (Lipinski definition) is 0. The molecule has 2 aliphatic rings. The third-order valence-electron chi connectivity index (χ3n) is 5.43. The van der Waals surface area contributed by atoms with E-state index in [1.807, 2.05) is 60.7 Å². The zero-order valence-electron chi connectivity index (χ0n) is 13.7. The van der Waals surface area contributed by atoms with Gasteiger partial charge in [-0.05, 0) is 42.2 Å². The van der Waals surface area contributed by atoms with Crippen molar-refractivity contribution >= 4 is 5.97 Å². The lowest BCUT2D eigenvalue weighted by molar-refractivity contribution is -0.155. The summed E-state index contributed by atoms with van der Waals surface area (Å²) in [5, 5.41) is 0. The Morgan fingerprint density at radius 2 is 1.54 bits per heavy atom. The monoisotopic (exact) mass is 318 g/mol. The van der Waals surface area contributed by atoms with Crippen molar-refractivity contribution in [2.45, 2.75) is 25.4 Å². The van der Waals surface area contributed by atoms with Crippen molar-refractivity contribution in [2.24, 2.45) is 17.8 Å². The Balaban J connectivity index is 1.59. The number of benzene rings is 2. The quantitative estimate of drug-likeness (QED) is 0.591. The zero-order valence-corrected chi connectivity index (χ0v) is 13.7. The molecular weight excluding hydrogens is 296 g/mol. The van der Waals surface area contributed by atoms with Gasteiger partial charge in [-0.2, -0.15) is 0 Å². The highest BCUT2D eigenvalue weighted by molar-refractivity contribution is 5.76. The van der Waals surface area contributed by atoms with Crippen LogP contribution in [-0.4, -0.2) is 5.97 Å². The fourth-order valence-corrected chi connectivity index (χ4v) is 3.94. The van der Waals surface area contributed by atoms with Gasteiger partial charge in [0.2, 0.25) is 0 Å². The van der Waals surface area contributed by atoms with Crippen LogP contribution in [-0.2, 0) is 9.53 Å². The zero-order chi connectivity index (χ0) is 16.4. The third kappa shape index (κ3) is 2.89. The van der Waals surface area contributed by atoms with Crippen molar-refractivity contribution in [1.29, 1.82) is 0 Å². The number of hydrogen-bond acceptors (Lipinski definition) is 2. The van der Waals surface area contributed by atoms with Crippen LogP contribution in [0, 0.1) is 17.8 Å². The highest BCUT2D eigenvalue weighted by Crippen LogP contribution is 2.46. The van der Waals surface area contributed by atoms with Crippen LogP contribution in [0.2, 0.25) is 0 Å². The van der Waals surface area contributed by atoms with Crippen molar-refractivity contribution in [1.82, 2.24) is 0 Å². The number of carbonyl (C=O) groups excluding carboxylic acids is 1. The fraction of sp³-hybridized carbons (Fsp3) is 0.318. The molecule has 0 aliphatic heterocycles. The van der Waals surface area contributed by atoms with Gasteiger partial charge in [-0.1, -0.05) is 72.8 Å². The molecule has 0 N–H and O–H groups in total. The molecule has 122 valence electrons. The molecule has 3 atom stereocenters. The predicted octanol–water partition coefficient (Wildman–Crippen LogP) is 4.92. The minimum Gasteiger partial charge on any atom is -0.452 e. The van der Waals surface area contributed by atoms with Crippen molar-refractivity contribution in [3.63, 3.8) is 0 Å². The van der Waals surface area contributed by atoms with Crippen LogP contribution < -0.4 is 0 Å². The SMILES string of the molecule is O=C(OC(c1ccccc1)c1ccccc1)C1C=CCC2CCC21. The number of carbonyl (C=O) groups is 1. The van der Waals surface area contributed by atoms with E-state index in [1.165, 1.54) is 6.42 Å². The molecular formula is C22H22O2. The molecule has 0 aromatic heterocycles. The Bertz CT molecular complexity index is 681. The number of rotatable bonds is 4. The highest BCUT2D eigenvalue weighted by Gasteiger charge is 2.42. The van der Waals surface area contributed by atoms with E-state index in [0.29, 0.717) is 11.8 Å². The van der Waals surface area contributed by atoms with E-state index in [1.54, 1.807) is 0 Å². The normalized spacial score (nSPS) is 25.0. The molecule has 4 rings (SSSR count). The van der Waals surface area contributed by atoms with Crippen LogP contribution in [0.3, 0.4) is 0 Å². The standard InChI is InChI=1S/C22H22O2/c23-22(20-13-7-12-16-14-15-19(16)20)24-21(17-8-3-1-4-9-17)18-10-5-2-6-11-18/h1-11,13,16,19-21H,12,14-15H2. The lowest BCUT2D eigenvalue weighted by Gasteiger charge is -2.42. The van der Waals surface area contributed by atoms with Gasteiger partial charge < -0.3 is 4.74 Å². The molecule has 2 aromatic rings. The van der Waals surface area contributed by atoms with Gasteiger partial charge in [0.25, 0.3) is 0 Å². The summed E-state index contributed by atoms with van der Waals surface area (Å²) in [6, 6.07) is 20.0. The van der Waals surface area contributed by atoms with Crippen molar-refractivity contribution in [2.75, 3.05) is 0 Å². The molecule has 0 heterocycles. The summed E-state index contributed by atoms with van der Waals surface area (Å²) in [7, 11) is 0. The number of ether oxygens (including phenoxy) is 1. The molecule has 2 aromatic carbocycles. The summed E-state index contributed by atoms with van der Waals surface area (Å²) < 4.78 is 6.02. The van der Waals surface area contributed by atoms with Gasteiger partial charge in [0.05, 0.1) is 5.92 Å². The third-order valence-corrected chi connectivity index (χ3v) is 5.43. The van der Waals surface area contributed by atoms with Gasteiger partial charge in [0.1, 0.15) is 0 Å². The highest BCUT2D eigenvalue weighted by atomic mass is 16.5. The minimum absolute atomic E-state index is 0.0765. The molecule has 1 fully saturated rings. The minimum atomic E-state index is -0.339. The van der Waals surface area contributed by atoms with E-state index in [0.717, 1.165) is 24.0 Å². The van der Waals surface area contributed by atoms with E-state index in [-0.39, 0.29) is 18.0 Å². The lowest BCUT2D eigenvalue weighted by Crippen LogP contribution is -2.38. The maximum Gasteiger partial charge on any atom is 0.314 e. The molecule has 0 amide bonds. The molecule has 0 spiro atoms. The first-order valence-electron chi connectivity index (χ1n) is 8.80. The van der Waals surface area contributed by atoms with Crippen LogP contribution in [0.1, 0.15) is 36.5 Å². The summed E-state index contributed by atoms with van der Waals surface area (Å²) in [5.74, 6) is 1.000. The van der Waals surface area contributed by atoms with Gasteiger partial charge in [0.15, 0.2) is 6.10 Å². The van der Waals surface area contributed by atoms with Crippen molar-refractivity contribution in [3.05, 3.63) is 83.9 Å². The van der Waals surface area contributed by atoms with Crippen LogP contribution in [0.15, 0.2) is 72.8 Å². The molecule has 0 radical (unpaired) electrons. The Hall–Kier alpha value is -2.35. The van der Waals surface area contributed by atoms with Crippen LogP contribution in [0.5, 0.6) is 0 Å². The molecule has 2 aliphatic carbocycles. The number of esters is 1. The van der Waals surface area contributed by atoms with Gasteiger partial charge in [-0.15, -0.1) is 0 Å². The molecule has 2 nitrogen and oxygen atoms in total. The first kappa shape index (κ1) is 15.2. The fourth-order valence-electron chi connectivity index (χ4n) is 3.94. The summed E-state index contributed by atoms with van der Waals surface area (Å²) in [6.45, 7) is 0. The maximum absolute atomic E-state index is 12.9. The summed E-state index contributed by atoms with van der Waals surface area (Å²) in [6.07, 6.45) is 7.40. The molecule has 0 bridgehead atoms. The molecule has 1 saturated carbocycles. The molecule has 0 saturated heterocycles. The van der Waals surface area contributed by atoms with Crippen molar-refractivity contribution < 1.29 is 9.53 Å². The molecule has 24 heavy (non-hydrogen) atoms. The summed E-state index contributed by atoms with van der Waals surface area (Å²) >= 11 is 0. The van der Waals surface area contributed by atoms with Gasteiger partial charge in [0, 0.05) is 0 Å². The number of fused-ring (bicyclic) bond motifs is 1. The van der Waals surface area contributed by atoms with Gasteiger partial charge >= 0.3 is 5.97 Å². The van der Waals surface area contributed by atoms with Crippen molar-refractivity contribution in [3.8, 4) is 0 Å². The molecule has 2 heteroatoms. The smallest absolute Gasteiger partial charge is 0.314 e. The first-order chi connectivity index (χ1) is 11.8. The summed E-state index contributed by atoms with van der Waals surface area (Å²) in [4.78, 5) is 12.9. The largest absolute Gasteiger partial charge is 0.452 e. The Labute approximate surface area is 143 Å². The second-order valence-corrected chi connectivity index (χ2v) is 6.83. The van der Waals surface area contributed by atoms with Crippen LogP contribution >= 0.6 is 0 Å². The van der Waals surface area contributed by atoms with E-state index in [9.17, 15) is 4.79 Å². The Morgan fingerprint density at radius 1 is 0.917 bits per heavy atom. The number of allylic oxidation sites excluding steroid dienone is 1. The second-order valence-electron chi connectivity index (χ2n) is 6.83. The lowest BCUT2D eigenvalue weighted by atomic mass is 9.63. The Morgan fingerprint density at radius 3 is 2.08 bits per heavy atom. The Kier molecular flexibility index (Phi) is 4.20. The van der Waals surface area contributed by atoms with Gasteiger partial charge in [-0.3, -0.25) is 4.79 Å². The van der Waals surface area contributed by atoms with E-state index in [4.69, 9.17) is 4.74 Å². The molecule has 3 unspecified atom stereocenters. The maximum atomic E-state index is 12.9. The topological polar surface area (TPSA) is 26.3 Å². The first-order valence-corrected chi connectivity index (χ1v) is 8.80. The average Bonchev–Trinajstić information content (AvgIpc) is 2.62. The van der Waals surface area contributed by atoms with Crippen LogP contribution in [0.25, 0.3) is 0 Å². The average molecular weight is 318 g/mol. The second kappa shape index (κ2) is 6.64. The summed E-state index contributed by atoms with van der Waals surface area (Å²) in [5.41, 5.74) is 2.03. The van der Waals surface area contributed by atoms with E-state index >= 15 is 0 Å². The van der Waals surface area contributed by atoms with Gasteiger partial charge in [-0.25, -0.2) is 0 Å².